The monoisotopic (exact) mass is 369 g/mol. The van der Waals surface area contributed by atoms with Crippen LogP contribution in [0.15, 0.2) is 30.3 Å². The van der Waals surface area contributed by atoms with E-state index < -0.39 is 30.2 Å². The summed E-state index contributed by atoms with van der Waals surface area (Å²) in [4.78, 5) is 22.2. The van der Waals surface area contributed by atoms with E-state index in [4.69, 9.17) is 16.7 Å². The Labute approximate surface area is 147 Å². The number of carboxylic acids is 1. The number of aliphatic carboxylic acids is 1. The second-order valence-electron chi connectivity index (χ2n) is 5.26. The fourth-order valence-electron chi connectivity index (χ4n) is 2.14. The van der Waals surface area contributed by atoms with Crippen LogP contribution in [0.5, 0.6) is 0 Å². The molecule has 0 amide bonds. The quantitative estimate of drug-likeness (QED) is 0.757. The van der Waals surface area contributed by atoms with Crippen LogP contribution < -0.4 is 5.32 Å². The first-order valence-corrected chi connectivity index (χ1v) is 7.52. The molecule has 0 radical (unpaired) electrons. The molecule has 2 aromatic rings. The van der Waals surface area contributed by atoms with Crippen molar-refractivity contribution in [2.24, 2.45) is 0 Å². The third-order valence-corrected chi connectivity index (χ3v) is 3.52. The van der Waals surface area contributed by atoms with E-state index in [-0.39, 0.29) is 17.1 Å². The lowest BCUT2D eigenvalue weighted by atomic mass is 10.1. The van der Waals surface area contributed by atoms with Crippen LogP contribution in [0.4, 0.5) is 20.2 Å². The molecule has 8 heteroatoms. The maximum Gasteiger partial charge on any atom is 0.341 e. The maximum absolute atomic E-state index is 13.9. The molecule has 0 spiro atoms. The molecule has 0 saturated heterocycles. The second kappa shape index (κ2) is 7.94. The predicted octanol–water partition coefficient (Wildman–Crippen LogP) is 3.84. The summed E-state index contributed by atoms with van der Waals surface area (Å²) >= 11 is 5.86. The highest BCUT2D eigenvalue weighted by molar-refractivity contribution is 6.33. The van der Waals surface area contributed by atoms with E-state index in [2.05, 4.69) is 10.1 Å². The first-order valence-electron chi connectivity index (χ1n) is 7.14. The smallest absolute Gasteiger partial charge is 0.341 e. The number of nitrogens with one attached hydrogen (secondary N) is 1. The summed E-state index contributed by atoms with van der Waals surface area (Å²) in [5, 5.41) is 11.1. The van der Waals surface area contributed by atoms with Crippen molar-refractivity contribution in [1.29, 1.82) is 0 Å². The second-order valence-corrected chi connectivity index (χ2v) is 5.67. The van der Waals surface area contributed by atoms with E-state index >= 15 is 0 Å². The molecule has 0 aliphatic carbocycles. The summed E-state index contributed by atoms with van der Waals surface area (Å²) in [6.45, 7) is 1.05. The normalized spacial score (nSPS) is 10.4. The van der Waals surface area contributed by atoms with Crippen LogP contribution in [0, 0.1) is 18.6 Å². The zero-order valence-electron chi connectivity index (χ0n) is 13.1. The maximum atomic E-state index is 13.9. The molecular weight excluding hydrogens is 356 g/mol. The van der Waals surface area contributed by atoms with Gasteiger partial charge in [-0.2, -0.15) is 0 Å². The number of halogens is 3. The Morgan fingerprint density at radius 2 is 1.96 bits per heavy atom. The van der Waals surface area contributed by atoms with Crippen LogP contribution in [-0.4, -0.2) is 23.7 Å². The number of ether oxygens (including phenoxy) is 1. The summed E-state index contributed by atoms with van der Waals surface area (Å²) in [6.07, 6.45) is -0.224. The first kappa shape index (κ1) is 18.7. The van der Waals surface area contributed by atoms with Crippen molar-refractivity contribution in [3.63, 3.8) is 0 Å². The molecule has 2 aromatic carbocycles. The average molecular weight is 370 g/mol. The number of carbonyl (C=O) groups excluding carboxylic acids is 1. The summed E-state index contributed by atoms with van der Waals surface area (Å²) in [7, 11) is 0. The highest BCUT2D eigenvalue weighted by Gasteiger charge is 2.15. The van der Waals surface area contributed by atoms with Crippen LogP contribution >= 0.6 is 11.6 Å². The Morgan fingerprint density at radius 1 is 1.24 bits per heavy atom. The molecular formula is C17H14ClF2NO4. The minimum atomic E-state index is -1.27. The van der Waals surface area contributed by atoms with Crippen molar-refractivity contribution in [3.05, 3.63) is 58.1 Å². The van der Waals surface area contributed by atoms with Gasteiger partial charge in [-0.25, -0.2) is 13.6 Å². The Morgan fingerprint density at radius 3 is 2.60 bits per heavy atom. The minimum Gasteiger partial charge on any atom is -0.479 e. The molecule has 0 bridgehead atoms. The molecule has 25 heavy (non-hydrogen) atoms. The Bertz CT molecular complexity index is 803. The highest BCUT2D eigenvalue weighted by atomic mass is 35.5. The largest absolute Gasteiger partial charge is 0.479 e. The average Bonchev–Trinajstić information content (AvgIpc) is 2.50. The van der Waals surface area contributed by atoms with Crippen molar-refractivity contribution in [2.45, 2.75) is 13.3 Å². The van der Waals surface area contributed by atoms with Gasteiger partial charge in [0.1, 0.15) is 5.82 Å². The number of benzene rings is 2. The predicted molar refractivity (Wildman–Crippen MR) is 88.1 cm³/mol. The number of hydrogen-bond donors (Lipinski definition) is 2. The van der Waals surface area contributed by atoms with Crippen LogP contribution in [0.1, 0.15) is 11.1 Å². The van der Waals surface area contributed by atoms with Crippen LogP contribution in [0.3, 0.4) is 0 Å². The van der Waals surface area contributed by atoms with Crippen molar-refractivity contribution in [3.8, 4) is 0 Å². The van der Waals surface area contributed by atoms with Crippen molar-refractivity contribution in [2.75, 3.05) is 11.9 Å². The first-order chi connectivity index (χ1) is 11.8. The van der Waals surface area contributed by atoms with Gasteiger partial charge < -0.3 is 15.2 Å². The van der Waals surface area contributed by atoms with Gasteiger partial charge in [-0.05, 0) is 24.6 Å². The van der Waals surface area contributed by atoms with Gasteiger partial charge in [0.25, 0.3) is 0 Å². The van der Waals surface area contributed by atoms with E-state index in [1.807, 2.05) is 0 Å². The number of aryl methyl sites for hydroxylation is 1. The van der Waals surface area contributed by atoms with Gasteiger partial charge in [0.15, 0.2) is 12.4 Å². The molecule has 0 aromatic heterocycles. The lowest BCUT2D eigenvalue weighted by Crippen LogP contribution is -2.15. The fourth-order valence-corrected chi connectivity index (χ4v) is 2.38. The molecule has 0 fully saturated rings. The third kappa shape index (κ3) is 5.15. The van der Waals surface area contributed by atoms with Crippen molar-refractivity contribution >= 4 is 34.9 Å². The summed E-state index contributed by atoms with van der Waals surface area (Å²) < 4.78 is 31.7. The van der Waals surface area contributed by atoms with Gasteiger partial charge in [-0.1, -0.05) is 29.3 Å². The summed E-state index contributed by atoms with van der Waals surface area (Å²) in [6, 6.07) is 6.64. The Kier molecular flexibility index (Phi) is 5.93. The van der Waals surface area contributed by atoms with Gasteiger partial charge in [0, 0.05) is 11.8 Å². The van der Waals surface area contributed by atoms with Gasteiger partial charge in [-0.15, -0.1) is 0 Å². The molecule has 0 heterocycles. The molecule has 132 valence electrons. The zero-order valence-corrected chi connectivity index (χ0v) is 13.9. The molecule has 0 aliphatic rings. The lowest BCUT2D eigenvalue weighted by molar-refractivity contribution is -0.154. The molecule has 2 rings (SSSR count). The van der Waals surface area contributed by atoms with Crippen LogP contribution in [0.25, 0.3) is 0 Å². The molecule has 0 saturated carbocycles. The standard InChI is InChI=1S/C17H14ClF2NO4/c1-9-2-3-14(10(4-9)5-16(24)25-8-15(22)23)21-17-12(18)6-11(19)7-13(17)20/h2-4,6-7,21H,5,8H2,1H3,(H,22,23). The summed E-state index contributed by atoms with van der Waals surface area (Å²) in [5.74, 6) is -3.71. The number of hydrogen-bond acceptors (Lipinski definition) is 4. The topological polar surface area (TPSA) is 75.6 Å². The van der Waals surface area contributed by atoms with Gasteiger partial charge >= 0.3 is 11.9 Å². The SMILES string of the molecule is Cc1ccc(Nc2c(F)cc(F)cc2Cl)c(CC(=O)OCC(=O)O)c1. The third-order valence-electron chi connectivity index (χ3n) is 3.22. The number of carboxylic acid groups (broad SMARTS) is 1. The van der Waals surface area contributed by atoms with Gasteiger partial charge in [-0.3, -0.25) is 4.79 Å². The Balaban J connectivity index is 2.27. The van der Waals surface area contributed by atoms with Gasteiger partial charge in [0.05, 0.1) is 17.1 Å². The van der Waals surface area contributed by atoms with E-state index in [1.54, 1.807) is 25.1 Å². The lowest BCUT2D eigenvalue weighted by Gasteiger charge is -2.14. The fraction of sp³-hybridized carbons (Fsp3) is 0.176. The Hall–Kier alpha value is -2.67. The highest BCUT2D eigenvalue weighted by Crippen LogP contribution is 2.31. The number of esters is 1. The zero-order chi connectivity index (χ0) is 18.6. The number of rotatable bonds is 6. The van der Waals surface area contributed by atoms with E-state index in [0.29, 0.717) is 17.3 Å². The van der Waals surface area contributed by atoms with Crippen molar-refractivity contribution in [1.82, 2.24) is 0 Å². The summed E-state index contributed by atoms with van der Waals surface area (Å²) in [5.41, 5.74) is 1.52. The van der Waals surface area contributed by atoms with E-state index in [9.17, 15) is 18.4 Å². The van der Waals surface area contributed by atoms with Crippen molar-refractivity contribution < 1.29 is 28.2 Å². The number of anilines is 2. The number of carbonyl (C=O) groups is 2. The van der Waals surface area contributed by atoms with Gasteiger partial charge in [0.2, 0.25) is 0 Å². The van der Waals surface area contributed by atoms with Crippen LogP contribution in [0.2, 0.25) is 5.02 Å². The molecule has 0 aliphatic heterocycles. The van der Waals surface area contributed by atoms with Crippen LogP contribution in [-0.2, 0) is 20.7 Å². The molecule has 0 atom stereocenters. The molecule has 0 unspecified atom stereocenters. The van der Waals surface area contributed by atoms with E-state index in [1.165, 1.54) is 0 Å². The molecule has 2 N–H and O–H groups in total. The van der Waals surface area contributed by atoms with E-state index in [0.717, 1.165) is 11.6 Å². The minimum absolute atomic E-state index is 0.132. The molecule has 5 nitrogen and oxygen atoms in total.